The summed E-state index contributed by atoms with van der Waals surface area (Å²) in [4.78, 5) is 12.7. The van der Waals surface area contributed by atoms with E-state index in [2.05, 4.69) is 15.5 Å². The lowest BCUT2D eigenvalue weighted by Crippen LogP contribution is -2.36. The lowest BCUT2D eigenvalue weighted by Gasteiger charge is -2.20. The number of hydrogen-bond donors (Lipinski definition) is 2. The molecule has 0 saturated heterocycles. The summed E-state index contributed by atoms with van der Waals surface area (Å²) < 4.78 is 5.42. The molecule has 0 radical (unpaired) electrons. The maximum absolute atomic E-state index is 11.0. The van der Waals surface area contributed by atoms with Gasteiger partial charge in [-0.3, -0.25) is 4.79 Å². The highest BCUT2D eigenvalue weighted by Crippen LogP contribution is 2.13. The van der Waals surface area contributed by atoms with Crippen LogP contribution in [0.2, 0.25) is 0 Å². The predicted octanol–water partition coefficient (Wildman–Crippen LogP) is -0.263. The summed E-state index contributed by atoms with van der Waals surface area (Å²) in [5.41, 5.74) is 5.19. The fourth-order valence-corrected chi connectivity index (χ4v) is 1.43. The first-order chi connectivity index (χ1) is 8.02. The fourth-order valence-electron chi connectivity index (χ4n) is 1.43. The standard InChI is InChI=1S/C10H19N5O2/c1-7(2)5-15(6-8(11)16)10-14-13-9(17-10)4-12-3/h7,12H,4-6H2,1-3H3,(H2,11,16). The Bertz CT molecular complexity index is 363. The molecule has 17 heavy (non-hydrogen) atoms. The van der Waals surface area contributed by atoms with Crippen LogP contribution in [0.1, 0.15) is 19.7 Å². The Morgan fingerprint density at radius 1 is 1.53 bits per heavy atom. The van der Waals surface area contributed by atoms with Gasteiger partial charge in [0.15, 0.2) is 0 Å². The quantitative estimate of drug-likeness (QED) is 0.682. The first-order valence-corrected chi connectivity index (χ1v) is 5.53. The molecule has 0 unspecified atom stereocenters. The number of nitrogens with two attached hydrogens (primary N) is 1. The van der Waals surface area contributed by atoms with Crippen molar-refractivity contribution in [2.75, 3.05) is 25.0 Å². The summed E-state index contributed by atoms with van der Waals surface area (Å²) >= 11 is 0. The Kier molecular flexibility index (Phi) is 4.89. The maximum atomic E-state index is 11.0. The number of nitrogens with zero attached hydrogens (tertiary/aromatic N) is 3. The molecule has 96 valence electrons. The van der Waals surface area contributed by atoms with E-state index in [0.717, 1.165) is 0 Å². The van der Waals surface area contributed by atoms with Gasteiger partial charge < -0.3 is 20.4 Å². The molecule has 3 N–H and O–H groups in total. The van der Waals surface area contributed by atoms with Crippen LogP contribution in [0, 0.1) is 5.92 Å². The molecule has 1 aromatic rings. The second-order valence-corrected chi connectivity index (χ2v) is 4.25. The number of carbonyl (C=O) groups excluding carboxylic acids is 1. The van der Waals surface area contributed by atoms with E-state index < -0.39 is 5.91 Å². The maximum Gasteiger partial charge on any atom is 0.318 e. The second-order valence-electron chi connectivity index (χ2n) is 4.25. The van der Waals surface area contributed by atoms with Crippen LogP contribution in [-0.2, 0) is 11.3 Å². The second kappa shape index (κ2) is 6.19. The van der Waals surface area contributed by atoms with Gasteiger partial charge in [-0.1, -0.05) is 18.9 Å². The van der Waals surface area contributed by atoms with Crippen LogP contribution in [0.25, 0.3) is 0 Å². The van der Waals surface area contributed by atoms with E-state index in [0.29, 0.717) is 30.9 Å². The Labute approximate surface area is 100 Å². The number of nitrogens with one attached hydrogen (secondary N) is 1. The summed E-state index contributed by atoms with van der Waals surface area (Å²) in [6.07, 6.45) is 0. The first kappa shape index (κ1) is 13.4. The monoisotopic (exact) mass is 241 g/mol. The third kappa shape index (κ3) is 4.39. The minimum absolute atomic E-state index is 0.0827. The van der Waals surface area contributed by atoms with Crippen LogP contribution >= 0.6 is 0 Å². The molecule has 1 aromatic heterocycles. The van der Waals surface area contributed by atoms with Gasteiger partial charge in [-0.15, -0.1) is 5.10 Å². The molecule has 0 aliphatic heterocycles. The van der Waals surface area contributed by atoms with Crippen LogP contribution in [0.4, 0.5) is 6.01 Å². The minimum Gasteiger partial charge on any atom is -0.407 e. The van der Waals surface area contributed by atoms with Crippen molar-refractivity contribution >= 4 is 11.9 Å². The normalized spacial score (nSPS) is 10.8. The van der Waals surface area contributed by atoms with E-state index in [-0.39, 0.29) is 6.54 Å². The zero-order valence-corrected chi connectivity index (χ0v) is 10.4. The van der Waals surface area contributed by atoms with Gasteiger partial charge in [-0.05, 0) is 13.0 Å². The SMILES string of the molecule is CNCc1nnc(N(CC(N)=O)CC(C)C)o1. The van der Waals surface area contributed by atoms with Crippen LogP contribution in [0.15, 0.2) is 4.42 Å². The number of hydrogen-bond acceptors (Lipinski definition) is 6. The molecule has 0 aliphatic rings. The summed E-state index contributed by atoms with van der Waals surface area (Å²) in [6.45, 7) is 5.31. The van der Waals surface area contributed by atoms with Crippen molar-refractivity contribution in [3.05, 3.63) is 5.89 Å². The number of amides is 1. The van der Waals surface area contributed by atoms with E-state index in [1.165, 1.54) is 0 Å². The highest BCUT2D eigenvalue weighted by atomic mass is 16.4. The van der Waals surface area contributed by atoms with Gasteiger partial charge in [0.1, 0.15) is 6.54 Å². The number of aromatic nitrogens is 2. The van der Waals surface area contributed by atoms with E-state index >= 15 is 0 Å². The Morgan fingerprint density at radius 2 is 2.24 bits per heavy atom. The van der Waals surface area contributed by atoms with Crippen molar-refractivity contribution in [2.45, 2.75) is 20.4 Å². The number of primary amides is 1. The van der Waals surface area contributed by atoms with Crippen molar-refractivity contribution in [1.29, 1.82) is 0 Å². The van der Waals surface area contributed by atoms with Gasteiger partial charge in [0, 0.05) is 6.54 Å². The molecule has 7 heteroatoms. The number of anilines is 1. The van der Waals surface area contributed by atoms with Gasteiger partial charge in [-0.25, -0.2) is 0 Å². The van der Waals surface area contributed by atoms with Gasteiger partial charge in [0.2, 0.25) is 11.8 Å². The molecule has 0 aromatic carbocycles. The molecule has 7 nitrogen and oxygen atoms in total. The Morgan fingerprint density at radius 3 is 2.76 bits per heavy atom. The highest BCUT2D eigenvalue weighted by molar-refractivity contribution is 5.78. The van der Waals surface area contributed by atoms with E-state index in [9.17, 15) is 4.79 Å². The largest absolute Gasteiger partial charge is 0.407 e. The smallest absolute Gasteiger partial charge is 0.318 e. The zero-order valence-electron chi connectivity index (χ0n) is 10.4. The van der Waals surface area contributed by atoms with Crippen molar-refractivity contribution in [1.82, 2.24) is 15.5 Å². The molecular formula is C10H19N5O2. The van der Waals surface area contributed by atoms with Crippen molar-refractivity contribution in [3.63, 3.8) is 0 Å². The molecule has 0 bridgehead atoms. The van der Waals surface area contributed by atoms with E-state index in [1.807, 2.05) is 13.8 Å². The molecule has 1 heterocycles. The van der Waals surface area contributed by atoms with Crippen LogP contribution in [0.5, 0.6) is 0 Å². The molecule has 0 saturated carbocycles. The average molecular weight is 241 g/mol. The molecule has 0 fully saturated rings. The Balaban J connectivity index is 2.76. The topological polar surface area (TPSA) is 97.3 Å². The van der Waals surface area contributed by atoms with E-state index in [4.69, 9.17) is 10.2 Å². The average Bonchev–Trinajstić information content (AvgIpc) is 2.64. The lowest BCUT2D eigenvalue weighted by atomic mass is 10.2. The number of rotatable bonds is 7. The van der Waals surface area contributed by atoms with Crippen molar-refractivity contribution < 1.29 is 9.21 Å². The first-order valence-electron chi connectivity index (χ1n) is 5.53. The van der Waals surface area contributed by atoms with Crippen LogP contribution in [0.3, 0.4) is 0 Å². The summed E-state index contributed by atoms with van der Waals surface area (Å²) in [7, 11) is 1.79. The lowest BCUT2D eigenvalue weighted by molar-refractivity contribution is -0.116. The highest BCUT2D eigenvalue weighted by Gasteiger charge is 2.17. The van der Waals surface area contributed by atoms with Gasteiger partial charge >= 0.3 is 6.01 Å². The van der Waals surface area contributed by atoms with Crippen LogP contribution < -0.4 is 16.0 Å². The van der Waals surface area contributed by atoms with E-state index in [1.54, 1.807) is 11.9 Å². The number of carbonyl (C=O) groups is 1. The molecule has 1 amide bonds. The molecular weight excluding hydrogens is 222 g/mol. The van der Waals surface area contributed by atoms with Gasteiger partial charge in [-0.2, -0.15) is 0 Å². The fraction of sp³-hybridized carbons (Fsp3) is 0.700. The van der Waals surface area contributed by atoms with Gasteiger partial charge in [0.25, 0.3) is 0 Å². The molecule has 1 rings (SSSR count). The van der Waals surface area contributed by atoms with Crippen LogP contribution in [-0.4, -0.2) is 36.2 Å². The molecule has 0 aliphatic carbocycles. The molecule has 0 atom stereocenters. The summed E-state index contributed by atoms with van der Waals surface area (Å²) in [5.74, 6) is 0.439. The predicted molar refractivity (Wildman–Crippen MR) is 63.3 cm³/mol. The van der Waals surface area contributed by atoms with Crippen molar-refractivity contribution in [2.24, 2.45) is 11.7 Å². The summed E-state index contributed by atoms with van der Waals surface area (Å²) in [5, 5.41) is 10.7. The molecule has 0 spiro atoms. The van der Waals surface area contributed by atoms with Crippen molar-refractivity contribution in [3.8, 4) is 0 Å². The zero-order chi connectivity index (χ0) is 12.8. The third-order valence-electron chi connectivity index (χ3n) is 1.99. The minimum atomic E-state index is -0.418. The third-order valence-corrected chi connectivity index (χ3v) is 1.99. The van der Waals surface area contributed by atoms with Gasteiger partial charge in [0.05, 0.1) is 6.54 Å². The Hall–Kier alpha value is -1.63. The summed E-state index contributed by atoms with van der Waals surface area (Å²) in [6, 6.07) is 0.336.